The molecule has 2 heterocycles. The Morgan fingerprint density at radius 3 is 2.80 bits per heavy atom. The van der Waals surface area contributed by atoms with Crippen molar-refractivity contribution in [3.8, 4) is 5.69 Å². The number of fused-ring (bicyclic) bond motifs is 1. The van der Waals surface area contributed by atoms with Gasteiger partial charge in [-0.3, -0.25) is 0 Å². The molecule has 2 aromatic heterocycles. The third kappa shape index (κ3) is 2.50. The first-order chi connectivity index (χ1) is 9.88. The number of hydrogen-bond donors (Lipinski definition) is 1. The van der Waals surface area contributed by atoms with Crippen LogP contribution in [0.25, 0.3) is 16.7 Å². The molecule has 0 unspecified atom stereocenters. The van der Waals surface area contributed by atoms with Crippen LogP contribution in [-0.4, -0.2) is 21.1 Å². The fourth-order valence-corrected chi connectivity index (χ4v) is 2.20. The average Bonchev–Trinajstić information content (AvgIpc) is 2.91. The molecule has 4 heteroatoms. The van der Waals surface area contributed by atoms with Crippen LogP contribution in [0.2, 0.25) is 0 Å². The first kappa shape index (κ1) is 12.7. The molecule has 0 aliphatic heterocycles. The highest BCUT2D eigenvalue weighted by molar-refractivity contribution is 5.78. The van der Waals surface area contributed by atoms with E-state index in [4.69, 9.17) is 0 Å². The van der Waals surface area contributed by atoms with Crippen molar-refractivity contribution in [3.63, 3.8) is 0 Å². The summed E-state index contributed by atoms with van der Waals surface area (Å²) in [6, 6.07) is 12.3. The Morgan fingerprint density at radius 2 is 2.00 bits per heavy atom. The molecule has 0 atom stereocenters. The summed E-state index contributed by atoms with van der Waals surface area (Å²) in [6.45, 7) is 3.09. The minimum Gasteiger partial charge on any atom is -0.354 e. The summed E-state index contributed by atoms with van der Waals surface area (Å²) < 4.78 is 2.10. The molecule has 20 heavy (non-hydrogen) atoms. The van der Waals surface area contributed by atoms with Crippen molar-refractivity contribution < 1.29 is 0 Å². The van der Waals surface area contributed by atoms with E-state index in [0.29, 0.717) is 5.95 Å². The van der Waals surface area contributed by atoms with Gasteiger partial charge in [-0.25, -0.2) is 9.97 Å². The Morgan fingerprint density at radius 1 is 1.15 bits per heavy atom. The van der Waals surface area contributed by atoms with E-state index in [1.807, 2.05) is 36.7 Å². The summed E-state index contributed by atoms with van der Waals surface area (Å²) in [5, 5.41) is 3.26. The highest BCUT2D eigenvalue weighted by Crippen LogP contribution is 2.19. The smallest absolute Gasteiger partial charge is 0.223 e. The second-order valence-corrected chi connectivity index (χ2v) is 4.77. The Kier molecular flexibility index (Phi) is 3.63. The van der Waals surface area contributed by atoms with Gasteiger partial charge in [-0.15, -0.1) is 0 Å². The number of nitrogens with zero attached hydrogens (tertiary/aromatic N) is 3. The zero-order valence-electron chi connectivity index (χ0n) is 11.6. The molecule has 0 radical (unpaired) electrons. The zero-order valence-corrected chi connectivity index (χ0v) is 11.6. The molecule has 0 saturated heterocycles. The van der Waals surface area contributed by atoms with Gasteiger partial charge in [0.05, 0.1) is 17.2 Å². The van der Waals surface area contributed by atoms with Crippen molar-refractivity contribution in [3.05, 3.63) is 48.8 Å². The van der Waals surface area contributed by atoms with Crippen LogP contribution >= 0.6 is 0 Å². The van der Waals surface area contributed by atoms with Crippen molar-refractivity contribution in [2.45, 2.75) is 19.8 Å². The van der Waals surface area contributed by atoms with Crippen molar-refractivity contribution in [1.82, 2.24) is 14.5 Å². The summed E-state index contributed by atoms with van der Waals surface area (Å²) in [5.74, 6) is 0.705. The second kappa shape index (κ2) is 5.74. The molecule has 4 nitrogen and oxygen atoms in total. The summed E-state index contributed by atoms with van der Waals surface area (Å²) in [6.07, 6.45) is 6.21. The predicted molar refractivity (Wildman–Crippen MR) is 82.3 cm³/mol. The lowest BCUT2D eigenvalue weighted by molar-refractivity contribution is 0.827. The SMILES string of the molecule is CCCCNc1ncc2c(ccn2-c2ccccc2)n1. The second-order valence-electron chi connectivity index (χ2n) is 4.77. The van der Waals surface area contributed by atoms with Gasteiger partial charge in [-0.05, 0) is 24.6 Å². The number of rotatable bonds is 5. The molecule has 0 saturated carbocycles. The van der Waals surface area contributed by atoms with Gasteiger partial charge in [0.15, 0.2) is 0 Å². The van der Waals surface area contributed by atoms with E-state index in [9.17, 15) is 0 Å². The molecule has 3 rings (SSSR count). The predicted octanol–water partition coefficient (Wildman–Crippen LogP) is 3.63. The normalized spacial score (nSPS) is 10.8. The molecule has 0 aliphatic carbocycles. The third-order valence-corrected chi connectivity index (χ3v) is 3.29. The van der Waals surface area contributed by atoms with E-state index in [2.05, 4.69) is 38.9 Å². The largest absolute Gasteiger partial charge is 0.354 e. The molecular weight excluding hydrogens is 248 g/mol. The monoisotopic (exact) mass is 266 g/mol. The fourth-order valence-electron chi connectivity index (χ4n) is 2.20. The number of nitrogens with one attached hydrogen (secondary N) is 1. The summed E-state index contributed by atoms with van der Waals surface area (Å²) in [5.41, 5.74) is 3.11. The lowest BCUT2D eigenvalue weighted by Crippen LogP contribution is -2.04. The molecule has 1 aromatic carbocycles. The molecule has 0 spiro atoms. The third-order valence-electron chi connectivity index (χ3n) is 3.29. The molecule has 102 valence electrons. The maximum absolute atomic E-state index is 4.55. The minimum absolute atomic E-state index is 0.705. The quantitative estimate of drug-likeness (QED) is 0.717. The summed E-state index contributed by atoms with van der Waals surface area (Å²) >= 11 is 0. The molecule has 0 amide bonds. The topological polar surface area (TPSA) is 42.7 Å². The van der Waals surface area contributed by atoms with Crippen LogP contribution in [0.4, 0.5) is 5.95 Å². The van der Waals surface area contributed by atoms with E-state index in [1.54, 1.807) is 0 Å². The van der Waals surface area contributed by atoms with Gasteiger partial charge in [0.25, 0.3) is 0 Å². The molecule has 0 bridgehead atoms. The first-order valence-electron chi connectivity index (χ1n) is 7.02. The number of anilines is 1. The van der Waals surface area contributed by atoms with Gasteiger partial charge in [0.2, 0.25) is 5.95 Å². The van der Waals surface area contributed by atoms with E-state index >= 15 is 0 Å². The number of para-hydroxylation sites is 1. The van der Waals surface area contributed by atoms with Crippen molar-refractivity contribution >= 4 is 17.0 Å². The highest BCUT2D eigenvalue weighted by Gasteiger charge is 2.05. The number of benzene rings is 1. The van der Waals surface area contributed by atoms with Gasteiger partial charge < -0.3 is 9.88 Å². The Labute approximate surface area is 118 Å². The summed E-state index contributed by atoms with van der Waals surface area (Å²) in [4.78, 5) is 8.94. The highest BCUT2D eigenvalue weighted by atomic mass is 15.1. The number of unbranched alkanes of at least 4 members (excludes halogenated alkanes) is 1. The Bertz CT molecular complexity index is 688. The molecule has 0 fully saturated rings. The maximum atomic E-state index is 4.55. The van der Waals surface area contributed by atoms with Gasteiger partial charge in [0.1, 0.15) is 0 Å². The maximum Gasteiger partial charge on any atom is 0.223 e. The molecule has 1 N–H and O–H groups in total. The fraction of sp³-hybridized carbons (Fsp3) is 0.250. The van der Waals surface area contributed by atoms with E-state index in [-0.39, 0.29) is 0 Å². The van der Waals surface area contributed by atoms with E-state index in [1.165, 1.54) is 6.42 Å². The van der Waals surface area contributed by atoms with Crippen molar-refractivity contribution in [1.29, 1.82) is 0 Å². The number of aromatic nitrogens is 3. The van der Waals surface area contributed by atoms with Crippen LogP contribution in [0.3, 0.4) is 0 Å². The standard InChI is InChI=1S/C16H18N4/c1-2-3-10-17-16-18-12-15-14(19-16)9-11-20(15)13-7-5-4-6-8-13/h4-9,11-12H,2-3,10H2,1H3,(H,17,18,19). The van der Waals surface area contributed by atoms with Crippen LogP contribution in [0.1, 0.15) is 19.8 Å². The zero-order chi connectivity index (χ0) is 13.8. The van der Waals surface area contributed by atoms with Gasteiger partial charge in [-0.1, -0.05) is 31.5 Å². The van der Waals surface area contributed by atoms with E-state index in [0.717, 1.165) is 29.7 Å². The van der Waals surface area contributed by atoms with Crippen LogP contribution < -0.4 is 5.32 Å². The van der Waals surface area contributed by atoms with E-state index < -0.39 is 0 Å². The van der Waals surface area contributed by atoms with Crippen LogP contribution in [0.5, 0.6) is 0 Å². The van der Waals surface area contributed by atoms with Crippen LogP contribution in [-0.2, 0) is 0 Å². The molecule has 3 aromatic rings. The molecular formula is C16H18N4. The van der Waals surface area contributed by atoms with Crippen molar-refractivity contribution in [2.75, 3.05) is 11.9 Å². The lowest BCUT2D eigenvalue weighted by Gasteiger charge is -2.06. The van der Waals surface area contributed by atoms with Gasteiger partial charge in [0, 0.05) is 18.4 Å². The van der Waals surface area contributed by atoms with Crippen molar-refractivity contribution in [2.24, 2.45) is 0 Å². The van der Waals surface area contributed by atoms with Gasteiger partial charge >= 0.3 is 0 Å². The Balaban J connectivity index is 1.91. The Hall–Kier alpha value is -2.36. The lowest BCUT2D eigenvalue weighted by atomic mass is 10.3. The van der Waals surface area contributed by atoms with Crippen LogP contribution in [0.15, 0.2) is 48.8 Å². The molecule has 0 aliphatic rings. The van der Waals surface area contributed by atoms with Gasteiger partial charge in [-0.2, -0.15) is 0 Å². The average molecular weight is 266 g/mol. The summed E-state index contributed by atoms with van der Waals surface area (Å²) in [7, 11) is 0. The minimum atomic E-state index is 0.705. The first-order valence-corrected chi connectivity index (χ1v) is 7.02. The van der Waals surface area contributed by atoms with Crippen LogP contribution in [0, 0.1) is 0 Å². The number of hydrogen-bond acceptors (Lipinski definition) is 3.